The van der Waals surface area contributed by atoms with Crippen molar-refractivity contribution >= 4 is 11.6 Å². The van der Waals surface area contributed by atoms with Crippen LogP contribution in [0.5, 0.6) is 0 Å². The molecule has 1 aromatic carbocycles. The highest BCUT2D eigenvalue weighted by Crippen LogP contribution is 2.45. The lowest BCUT2D eigenvalue weighted by Gasteiger charge is -2.42. The number of nitrogens with one attached hydrogen (secondary N) is 1. The number of amides is 1. The zero-order chi connectivity index (χ0) is 20.4. The molecule has 1 aliphatic carbocycles. The molecular formula is C25H39N3O. The fourth-order valence-electron chi connectivity index (χ4n) is 5.77. The summed E-state index contributed by atoms with van der Waals surface area (Å²) >= 11 is 0. The van der Waals surface area contributed by atoms with E-state index in [0.29, 0.717) is 11.3 Å². The fraction of sp³-hybridized carbons (Fsp3) is 0.720. The molecule has 3 aliphatic rings. The van der Waals surface area contributed by atoms with E-state index in [1.807, 2.05) is 0 Å². The Hall–Kier alpha value is -1.55. The number of hydrogen-bond acceptors (Lipinski definition) is 3. The van der Waals surface area contributed by atoms with E-state index in [4.69, 9.17) is 0 Å². The fourth-order valence-corrected chi connectivity index (χ4v) is 5.77. The van der Waals surface area contributed by atoms with E-state index < -0.39 is 0 Å². The smallest absolute Gasteiger partial charge is 0.237 e. The van der Waals surface area contributed by atoms with Crippen molar-refractivity contribution in [1.82, 2.24) is 10.2 Å². The van der Waals surface area contributed by atoms with Crippen molar-refractivity contribution in [3.05, 3.63) is 29.8 Å². The summed E-state index contributed by atoms with van der Waals surface area (Å²) in [6.07, 6.45) is 7.47. The Bertz CT molecular complexity index is 694. The van der Waals surface area contributed by atoms with Gasteiger partial charge in [0.2, 0.25) is 5.91 Å². The van der Waals surface area contributed by atoms with Gasteiger partial charge in [0, 0.05) is 38.4 Å². The van der Waals surface area contributed by atoms with E-state index in [1.54, 1.807) is 5.56 Å². The van der Waals surface area contributed by atoms with Crippen molar-refractivity contribution in [2.75, 3.05) is 37.6 Å². The molecule has 2 aliphatic heterocycles. The van der Waals surface area contributed by atoms with E-state index in [-0.39, 0.29) is 11.9 Å². The second-order valence-corrected chi connectivity index (χ2v) is 10.4. The third kappa shape index (κ3) is 4.63. The number of benzene rings is 1. The minimum atomic E-state index is 0.0915. The quantitative estimate of drug-likeness (QED) is 0.821. The third-order valence-corrected chi connectivity index (χ3v) is 7.68. The van der Waals surface area contributed by atoms with E-state index in [9.17, 15) is 4.79 Å². The SMILES string of the molecule is CC(C)(C)C1CCC(c2ccccc2N2CCN(C3CCCNC3=O)CC2)CC1. The topological polar surface area (TPSA) is 35.6 Å². The average Bonchev–Trinajstić information content (AvgIpc) is 2.74. The molecule has 1 atom stereocenters. The maximum atomic E-state index is 12.2. The molecule has 2 saturated heterocycles. The van der Waals surface area contributed by atoms with E-state index in [1.165, 1.54) is 31.4 Å². The van der Waals surface area contributed by atoms with Gasteiger partial charge in [-0.15, -0.1) is 0 Å². The van der Waals surface area contributed by atoms with Crippen LogP contribution in [0.4, 0.5) is 5.69 Å². The number of rotatable bonds is 3. The minimum Gasteiger partial charge on any atom is -0.369 e. The highest BCUT2D eigenvalue weighted by molar-refractivity contribution is 5.82. The molecular weight excluding hydrogens is 358 g/mol. The third-order valence-electron chi connectivity index (χ3n) is 7.68. The molecule has 0 aromatic heterocycles. The zero-order valence-electron chi connectivity index (χ0n) is 18.6. The Kier molecular flexibility index (Phi) is 6.19. The largest absolute Gasteiger partial charge is 0.369 e. The van der Waals surface area contributed by atoms with Crippen LogP contribution in [0, 0.1) is 11.3 Å². The van der Waals surface area contributed by atoms with Crippen molar-refractivity contribution in [1.29, 1.82) is 0 Å². The molecule has 1 saturated carbocycles. The molecule has 0 spiro atoms. The molecule has 1 unspecified atom stereocenters. The summed E-state index contributed by atoms with van der Waals surface area (Å²) in [5, 5.41) is 3.04. The van der Waals surface area contributed by atoms with Crippen LogP contribution in [0.1, 0.15) is 70.8 Å². The summed E-state index contributed by atoms with van der Waals surface area (Å²) in [5.74, 6) is 1.80. The summed E-state index contributed by atoms with van der Waals surface area (Å²) in [4.78, 5) is 17.2. The number of carbonyl (C=O) groups excluding carboxylic acids is 1. The van der Waals surface area contributed by atoms with Crippen molar-refractivity contribution in [3.63, 3.8) is 0 Å². The maximum Gasteiger partial charge on any atom is 0.237 e. The second kappa shape index (κ2) is 8.67. The van der Waals surface area contributed by atoms with Crippen LogP contribution >= 0.6 is 0 Å². The molecule has 160 valence electrons. The van der Waals surface area contributed by atoms with Crippen LogP contribution in [0.25, 0.3) is 0 Å². The highest BCUT2D eigenvalue weighted by Gasteiger charge is 2.33. The molecule has 4 nitrogen and oxygen atoms in total. The van der Waals surface area contributed by atoms with Gasteiger partial charge >= 0.3 is 0 Å². The molecule has 1 N–H and O–H groups in total. The Morgan fingerprint density at radius 1 is 0.931 bits per heavy atom. The first-order valence-electron chi connectivity index (χ1n) is 11.8. The highest BCUT2D eigenvalue weighted by atomic mass is 16.2. The average molecular weight is 398 g/mol. The first kappa shape index (κ1) is 20.7. The molecule has 29 heavy (non-hydrogen) atoms. The van der Waals surface area contributed by atoms with Crippen molar-refractivity contribution < 1.29 is 4.79 Å². The standard InChI is InChI=1S/C25H39N3O/c1-25(2,3)20-12-10-19(11-13-20)21-7-4-5-8-22(21)27-15-17-28(18-16-27)23-9-6-14-26-24(23)29/h4-5,7-8,19-20,23H,6,9-18H2,1-3H3,(H,26,29). The van der Waals surface area contributed by atoms with Crippen molar-refractivity contribution in [2.24, 2.45) is 11.3 Å². The first-order valence-corrected chi connectivity index (χ1v) is 11.8. The summed E-state index contributed by atoms with van der Waals surface area (Å²) in [6, 6.07) is 9.21. The van der Waals surface area contributed by atoms with Crippen LogP contribution in [0.3, 0.4) is 0 Å². The molecule has 0 radical (unpaired) electrons. The monoisotopic (exact) mass is 397 g/mol. The number of anilines is 1. The number of piperidine rings is 1. The van der Waals surface area contributed by atoms with Gasteiger partial charge in [0.15, 0.2) is 0 Å². The van der Waals surface area contributed by atoms with E-state index in [2.05, 4.69) is 60.2 Å². The lowest BCUT2D eigenvalue weighted by Crippen LogP contribution is -2.56. The Morgan fingerprint density at radius 2 is 1.62 bits per heavy atom. The normalized spacial score (nSPS) is 29.6. The number of para-hydroxylation sites is 1. The Morgan fingerprint density at radius 3 is 2.28 bits per heavy atom. The van der Waals surface area contributed by atoms with Gasteiger partial charge in [-0.2, -0.15) is 0 Å². The van der Waals surface area contributed by atoms with E-state index >= 15 is 0 Å². The van der Waals surface area contributed by atoms with Crippen LogP contribution < -0.4 is 10.2 Å². The summed E-state index contributed by atoms with van der Waals surface area (Å²) in [7, 11) is 0. The van der Waals surface area contributed by atoms with Gasteiger partial charge < -0.3 is 10.2 Å². The summed E-state index contributed by atoms with van der Waals surface area (Å²) < 4.78 is 0. The zero-order valence-corrected chi connectivity index (χ0v) is 18.6. The molecule has 0 bridgehead atoms. The van der Waals surface area contributed by atoms with Gasteiger partial charge in [0.05, 0.1) is 6.04 Å². The second-order valence-electron chi connectivity index (χ2n) is 10.4. The Labute approximate surface area is 177 Å². The van der Waals surface area contributed by atoms with Crippen LogP contribution in [-0.4, -0.2) is 49.6 Å². The molecule has 2 heterocycles. The lowest BCUT2D eigenvalue weighted by molar-refractivity contribution is -0.128. The number of nitrogens with zero attached hydrogens (tertiary/aromatic N) is 2. The van der Waals surface area contributed by atoms with Crippen LogP contribution in [0.15, 0.2) is 24.3 Å². The molecule has 4 heteroatoms. The summed E-state index contributed by atoms with van der Waals surface area (Å²) in [5.41, 5.74) is 3.44. The van der Waals surface area contributed by atoms with Gasteiger partial charge in [0.25, 0.3) is 0 Å². The van der Waals surface area contributed by atoms with Gasteiger partial charge in [-0.05, 0) is 67.4 Å². The van der Waals surface area contributed by atoms with Crippen LogP contribution in [0.2, 0.25) is 0 Å². The van der Waals surface area contributed by atoms with Gasteiger partial charge in [0.1, 0.15) is 0 Å². The van der Waals surface area contributed by atoms with Gasteiger partial charge in [-0.1, -0.05) is 39.0 Å². The minimum absolute atomic E-state index is 0.0915. The molecule has 1 aromatic rings. The first-order chi connectivity index (χ1) is 13.9. The number of piperazine rings is 1. The number of hydrogen-bond donors (Lipinski definition) is 1. The molecule has 3 fully saturated rings. The van der Waals surface area contributed by atoms with E-state index in [0.717, 1.165) is 51.5 Å². The van der Waals surface area contributed by atoms with Crippen molar-refractivity contribution in [2.45, 2.75) is 71.3 Å². The van der Waals surface area contributed by atoms with Gasteiger partial charge in [-0.3, -0.25) is 9.69 Å². The number of carbonyl (C=O) groups is 1. The molecule has 4 rings (SSSR count). The van der Waals surface area contributed by atoms with Crippen molar-refractivity contribution in [3.8, 4) is 0 Å². The van der Waals surface area contributed by atoms with Gasteiger partial charge in [-0.25, -0.2) is 0 Å². The predicted octanol–water partition coefficient (Wildman–Crippen LogP) is 4.41. The lowest BCUT2D eigenvalue weighted by atomic mass is 9.68. The maximum absolute atomic E-state index is 12.2. The predicted molar refractivity (Wildman–Crippen MR) is 120 cm³/mol. The summed E-state index contributed by atoms with van der Waals surface area (Å²) in [6.45, 7) is 12.1. The molecule has 1 amide bonds. The Balaban J connectivity index is 1.40. The van der Waals surface area contributed by atoms with Crippen LogP contribution in [-0.2, 0) is 4.79 Å².